The summed E-state index contributed by atoms with van der Waals surface area (Å²) in [7, 11) is 1.78. The Balaban J connectivity index is 3.19. The molecule has 0 radical (unpaired) electrons. The van der Waals surface area contributed by atoms with Crippen LogP contribution in [0.3, 0.4) is 0 Å². The molecule has 1 heterocycles. The molecule has 64 valence electrons. The van der Waals surface area contributed by atoms with E-state index in [1.807, 2.05) is 6.92 Å². The van der Waals surface area contributed by atoms with Crippen LogP contribution in [0.5, 0.6) is 0 Å². The van der Waals surface area contributed by atoms with Gasteiger partial charge in [0.1, 0.15) is 12.0 Å². The van der Waals surface area contributed by atoms with Crippen molar-refractivity contribution in [3.63, 3.8) is 0 Å². The van der Waals surface area contributed by atoms with Crippen LogP contribution < -0.4 is 11.1 Å². The zero-order valence-electron chi connectivity index (χ0n) is 7.07. The Bertz CT molecular complexity index is 294. The molecule has 0 saturated heterocycles. The van der Waals surface area contributed by atoms with Gasteiger partial charge in [0.25, 0.3) is 0 Å². The molecule has 0 atom stereocenters. The van der Waals surface area contributed by atoms with Crippen LogP contribution in [-0.2, 0) is 0 Å². The Morgan fingerprint density at radius 3 is 2.92 bits per heavy atom. The van der Waals surface area contributed by atoms with E-state index in [9.17, 15) is 0 Å². The predicted molar refractivity (Wildman–Crippen MR) is 48.7 cm³/mol. The molecule has 0 unspecified atom stereocenters. The average Bonchev–Trinajstić information content (AvgIpc) is 2.09. The van der Waals surface area contributed by atoms with Crippen molar-refractivity contribution in [3.8, 4) is 0 Å². The van der Waals surface area contributed by atoms with Crippen molar-refractivity contribution in [3.05, 3.63) is 12.0 Å². The SMILES string of the molecule is CNc1ncnc(C)c1/N=C\N. The minimum absolute atomic E-state index is 0.683. The quantitative estimate of drug-likeness (QED) is 0.492. The van der Waals surface area contributed by atoms with Crippen molar-refractivity contribution in [2.75, 3.05) is 12.4 Å². The predicted octanol–water partition coefficient (Wildman–Crippen LogP) is 0.445. The number of anilines is 1. The maximum absolute atomic E-state index is 5.18. The van der Waals surface area contributed by atoms with Crippen LogP contribution in [0, 0.1) is 6.92 Å². The molecule has 0 fully saturated rings. The van der Waals surface area contributed by atoms with E-state index in [4.69, 9.17) is 5.73 Å². The number of aromatic nitrogens is 2. The van der Waals surface area contributed by atoms with E-state index in [1.165, 1.54) is 12.7 Å². The van der Waals surface area contributed by atoms with Gasteiger partial charge in [0.15, 0.2) is 5.82 Å². The van der Waals surface area contributed by atoms with Gasteiger partial charge < -0.3 is 11.1 Å². The van der Waals surface area contributed by atoms with Crippen LogP contribution in [0.25, 0.3) is 0 Å². The van der Waals surface area contributed by atoms with Gasteiger partial charge in [0.05, 0.1) is 12.0 Å². The van der Waals surface area contributed by atoms with Crippen LogP contribution >= 0.6 is 0 Å². The average molecular weight is 165 g/mol. The Labute approximate surface area is 70.8 Å². The molecule has 0 aromatic carbocycles. The maximum Gasteiger partial charge on any atom is 0.155 e. The molecule has 0 spiro atoms. The second kappa shape index (κ2) is 3.66. The van der Waals surface area contributed by atoms with E-state index in [0.29, 0.717) is 11.5 Å². The molecule has 5 heteroatoms. The van der Waals surface area contributed by atoms with Crippen LogP contribution in [-0.4, -0.2) is 23.4 Å². The largest absolute Gasteiger partial charge is 0.390 e. The van der Waals surface area contributed by atoms with Gasteiger partial charge >= 0.3 is 0 Å². The summed E-state index contributed by atoms with van der Waals surface area (Å²) in [5.74, 6) is 0.684. The van der Waals surface area contributed by atoms with Gasteiger partial charge in [-0.05, 0) is 6.92 Å². The number of hydrogen-bond acceptors (Lipinski definition) is 4. The van der Waals surface area contributed by atoms with E-state index in [0.717, 1.165) is 5.69 Å². The number of nitrogens with one attached hydrogen (secondary N) is 1. The lowest BCUT2D eigenvalue weighted by Gasteiger charge is -2.03. The van der Waals surface area contributed by atoms with Gasteiger partial charge in [-0.15, -0.1) is 0 Å². The first-order valence-electron chi connectivity index (χ1n) is 3.53. The molecule has 5 nitrogen and oxygen atoms in total. The summed E-state index contributed by atoms with van der Waals surface area (Å²) in [4.78, 5) is 11.9. The van der Waals surface area contributed by atoms with Crippen LogP contribution in [0.1, 0.15) is 5.69 Å². The van der Waals surface area contributed by atoms with Crippen LogP contribution in [0.4, 0.5) is 11.5 Å². The highest BCUT2D eigenvalue weighted by Crippen LogP contribution is 2.23. The van der Waals surface area contributed by atoms with Crippen molar-refractivity contribution in [2.45, 2.75) is 6.92 Å². The number of nitrogens with two attached hydrogens (primary N) is 1. The fourth-order valence-corrected chi connectivity index (χ4v) is 0.879. The molecule has 0 bridgehead atoms. The molecule has 0 saturated carbocycles. The van der Waals surface area contributed by atoms with Gasteiger partial charge in [-0.1, -0.05) is 0 Å². The van der Waals surface area contributed by atoms with Crippen molar-refractivity contribution < 1.29 is 0 Å². The highest BCUT2D eigenvalue weighted by molar-refractivity contribution is 5.69. The lowest BCUT2D eigenvalue weighted by atomic mass is 10.3. The lowest BCUT2D eigenvalue weighted by Crippen LogP contribution is -1.97. The molecule has 12 heavy (non-hydrogen) atoms. The number of aryl methyl sites for hydroxylation is 1. The molecule has 0 aliphatic carbocycles. The first-order valence-corrected chi connectivity index (χ1v) is 3.53. The zero-order valence-corrected chi connectivity index (χ0v) is 7.07. The smallest absolute Gasteiger partial charge is 0.155 e. The minimum atomic E-state index is 0.683. The summed E-state index contributed by atoms with van der Waals surface area (Å²) >= 11 is 0. The monoisotopic (exact) mass is 165 g/mol. The number of rotatable bonds is 2. The number of nitrogens with zero attached hydrogens (tertiary/aromatic N) is 3. The van der Waals surface area contributed by atoms with E-state index in [1.54, 1.807) is 7.05 Å². The summed E-state index contributed by atoms with van der Waals surface area (Å²) < 4.78 is 0. The lowest BCUT2D eigenvalue weighted by molar-refractivity contribution is 1.09. The van der Waals surface area contributed by atoms with Crippen molar-refractivity contribution in [1.82, 2.24) is 9.97 Å². The molecule has 0 aliphatic heterocycles. The van der Waals surface area contributed by atoms with Gasteiger partial charge in [0.2, 0.25) is 0 Å². The molecule has 1 rings (SSSR count). The first-order chi connectivity index (χ1) is 5.79. The van der Waals surface area contributed by atoms with Crippen LogP contribution in [0.15, 0.2) is 11.3 Å². The third-order valence-electron chi connectivity index (χ3n) is 1.45. The second-order valence-electron chi connectivity index (χ2n) is 2.18. The van der Waals surface area contributed by atoms with Gasteiger partial charge in [-0.25, -0.2) is 15.0 Å². The van der Waals surface area contributed by atoms with E-state index < -0.39 is 0 Å². The number of aliphatic imine (C=N–C) groups is 1. The normalized spacial score (nSPS) is 10.5. The van der Waals surface area contributed by atoms with Gasteiger partial charge in [-0.2, -0.15) is 0 Å². The Morgan fingerprint density at radius 2 is 2.33 bits per heavy atom. The molecule has 1 aromatic rings. The van der Waals surface area contributed by atoms with Crippen LogP contribution in [0.2, 0.25) is 0 Å². The molecular formula is C7H11N5. The maximum atomic E-state index is 5.18. The highest BCUT2D eigenvalue weighted by Gasteiger charge is 2.03. The Kier molecular flexibility index (Phi) is 2.57. The first kappa shape index (κ1) is 8.45. The van der Waals surface area contributed by atoms with E-state index in [-0.39, 0.29) is 0 Å². The van der Waals surface area contributed by atoms with Crippen molar-refractivity contribution in [2.24, 2.45) is 10.7 Å². The number of hydrogen-bond donors (Lipinski definition) is 2. The Hall–Kier alpha value is -1.65. The molecule has 3 N–H and O–H groups in total. The van der Waals surface area contributed by atoms with E-state index >= 15 is 0 Å². The third kappa shape index (κ3) is 1.50. The summed E-state index contributed by atoms with van der Waals surface area (Å²) in [6.07, 6.45) is 2.71. The standard InChI is InChI=1S/C7H11N5/c1-5-6(10-3-8)7(9-2)12-4-11-5/h3-4H,1-2H3,(H2,8,10)(H,9,11,12). The summed E-state index contributed by atoms with van der Waals surface area (Å²) in [5, 5.41) is 2.90. The summed E-state index contributed by atoms with van der Waals surface area (Å²) in [5.41, 5.74) is 6.66. The molecule has 0 aliphatic rings. The zero-order chi connectivity index (χ0) is 8.97. The topological polar surface area (TPSA) is 76.2 Å². The summed E-state index contributed by atoms with van der Waals surface area (Å²) in [6, 6.07) is 0. The second-order valence-corrected chi connectivity index (χ2v) is 2.18. The Morgan fingerprint density at radius 1 is 1.58 bits per heavy atom. The van der Waals surface area contributed by atoms with E-state index in [2.05, 4.69) is 20.3 Å². The highest BCUT2D eigenvalue weighted by atomic mass is 15.0. The van der Waals surface area contributed by atoms with Gasteiger partial charge in [0, 0.05) is 7.05 Å². The fourth-order valence-electron chi connectivity index (χ4n) is 0.879. The molecular weight excluding hydrogens is 154 g/mol. The minimum Gasteiger partial charge on any atom is -0.390 e. The molecule has 1 aromatic heterocycles. The van der Waals surface area contributed by atoms with Crippen molar-refractivity contribution in [1.29, 1.82) is 0 Å². The fraction of sp³-hybridized carbons (Fsp3) is 0.286. The van der Waals surface area contributed by atoms with Crippen molar-refractivity contribution >= 4 is 17.8 Å². The summed E-state index contributed by atoms with van der Waals surface area (Å²) in [6.45, 7) is 1.85. The van der Waals surface area contributed by atoms with Gasteiger partial charge in [-0.3, -0.25) is 0 Å². The molecule has 0 amide bonds. The third-order valence-corrected chi connectivity index (χ3v) is 1.45.